The molecule has 0 unspecified atom stereocenters. The summed E-state index contributed by atoms with van der Waals surface area (Å²) in [4.78, 5) is 24.8. The standard InChI is InChI=1S/C10H5F2N3O3S/c11-5-3-6(8(12)7(4-5)15(17)18)9(16)14-10-13-1-2-19-10/h1-4H,(H,13,14,16). The Hall–Kier alpha value is -2.42. The molecule has 0 fully saturated rings. The largest absolute Gasteiger partial charge is 0.308 e. The summed E-state index contributed by atoms with van der Waals surface area (Å²) in [5.41, 5.74) is -1.84. The number of nitro groups is 1. The fourth-order valence-corrected chi connectivity index (χ4v) is 1.85. The zero-order valence-electron chi connectivity index (χ0n) is 9.09. The van der Waals surface area contributed by atoms with Crippen molar-refractivity contribution < 1.29 is 18.5 Å². The number of nitro benzene ring substituents is 1. The average molecular weight is 285 g/mol. The molecule has 1 N–H and O–H groups in total. The summed E-state index contributed by atoms with van der Waals surface area (Å²) in [5.74, 6) is -3.46. The number of nitrogens with one attached hydrogen (secondary N) is 1. The summed E-state index contributed by atoms with van der Waals surface area (Å²) >= 11 is 1.07. The van der Waals surface area contributed by atoms with Gasteiger partial charge in [0.15, 0.2) is 5.13 Å². The van der Waals surface area contributed by atoms with Crippen LogP contribution in [0.3, 0.4) is 0 Å². The Bertz CT molecular complexity index is 646. The second kappa shape index (κ2) is 5.06. The average Bonchev–Trinajstić information content (AvgIpc) is 2.84. The summed E-state index contributed by atoms with van der Waals surface area (Å²) in [6.45, 7) is 0. The van der Waals surface area contributed by atoms with Gasteiger partial charge in [0.25, 0.3) is 5.91 Å². The van der Waals surface area contributed by atoms with Gasteiger partial charge in [-0.1, -0.05) is 0 Å². The van der Waals surface area contributed by atoms with Gasteiger partial charge in [-0.05, 0) is 6.07 Å². The van der Waals surface area contributed by atoms with Crippen molar-refractivity contribution in [2.24, 2.45) is 0 Å². The lowest BCUT2D eigenvalue weighted by Gasteiger charge is -2.04. The van der Waals surface area contributed by atoms with Crippen molar-refractivity contribution in [3.63, 3.8) is 0 Å². The molecule has 1 heterocycles. The Morgan fingerprint density at radius 1 is 1.42 bits per heavy atom. The van der Waals surface area contributed by atoms with Crippen molar-refractivity contribution in [3.05, 3.63) is 51.0 Å². The summed E-state index contributed by atoms with van der Waals surface area (Å²) < 4.78 is 26.8. The predicted octanol–water partition coefficient (Wildman–Crippen LogP) is 2.58. The number of thiazole rings is 1. The molecule has 98 valence electrons. The Balaban J connectivity index is 2.39. The molecule has 0 saturated heterocycles. The van der Waals surface area contributed by atoms with E-state index in [1.165, 1.54) is 6.20 Å². The van der Waals surface area contributed by atoms with Crippen molar-refractivity contribution in [3.8, 4) is 0 Å². The fraction of sp³-hybridized carbons (Fsp3) is 0. The van der Waals surface area contributed by atoms with Crippen LogP contribution in [0.2, 0.25) is 0 Å². The zero-order valence-corrected chi connectivity index (χ0v) is 9.91. The molecule has 1 amide bonds. The van der Waals surface area contributed by atoms with Crippen LogP contribution in [0, 0.1) is 21.7 Å². The minimum absolute atomic E-state index is 0.177. The lowest BCUT2D eigenvalue weighted by atomic mass is 10.1. The van der Waals surface area contributed by atoms with E-state index in [9.17, 15) is 23.7 Å². The quantitative estimate of drug-likeness (QED) is 0.693. The smallest absolute Gasteiger partial charge is 0.298 e. The first-order chi connectivity index (χ1) is 8.99. The number of carbonyl (C=O) groups excluding carboxylic acids is 1. The second-order valence-corrected chi connectivity index (χ2v) is 4.23. The molecular formula is C10H5F2N3O3S. The molecule has 1 aromatic carbocycles. The van der Waals surface area contributed by atoms with E-state index in [-0.39, 0.29) is 5.13 Å². The van der Waals surface area contributed by atoms with Crippen LogP contribution in [-0.2, 0) is 0 Å². The molecular weight excluding hydrogens is 280 g/mol. The molecule has 1 aromatic heterocycles. The Morgan fingerprint density at radius 2 is 2.16 bits per heavy atom. The molecule has 19 heavy (non-hydrogen) atoms. The van der Waals surface area contributed by atoms with Crippen molar-refractivity contribution in [2.75, 3.05) is 5.32 Å². The van der Waals surface area contributed by atoms with Gasteiger partial charge >= 0.3 is 5.69 Å². The first-order valence-corrected chi connectivity index (χ1v) is 5.71. The Labute approximate surface area is 108 Å². The number of hydrogen-bond acceptors (Lipinski definition) is 5. The molecule has 0 atom stereocenters. The van der Waals surface area contributed by atoms with E-state index in [1.54, 1.807) is 5.38 Å². The molecule has 2 aromatic rings. The van der Waals surface area contributed by atoms with Crippen LogP contribution in [0.5, 0.6) is 0 Å². The van der Waals surface area contributed by atoms with E-state index in [1.807, 2.05) is 0 Å². The first kappa shape index (κ1) is 13.0. The lowest BCUT2D eigenvalue weighted by Crippen LogP contribution is -2.15. The number of aromatic nitrogens is 1. The number of halogens is 2. The van der Waals surface area contributed by atoms with Crippen LogP contribution in [-0.4, -0.2) is 15.8 Å². The van der Waals surface area contributed by atoms with E-state index in [2.05, 4.69) is 10.3 Å². The van der Waals surface area contributed by atoms with Crippen LogP contribution >= 0.6 is 11.3 Å². The maximum atomic E-state index is 13.7. The SMILES string of the molecule is O=C(Nc1nccs1)c1cc(F)cc([N+](=O)[O-])c1F. The van der Waals surface area contributed by atoms with Gasteiger partial charge in [0.1, 0.15) is 5.82 Å². The summed E-state index contributed by atoms with van der Waals surface area (Å²) in [5, 5.41) is 14.5. The Kier molecular flexibility index (Phi) is 3.47. The van der Waals surface area contributed by atoms with Gasteiger partial charge in [-0.3, -0.25) is 20.2 Å². The highest BCUT2D eigenvalue weighted by Gasteiger charge is 2.24. The molecule has 9 heteroatoms. The van der Waals surface area contributed by atoms with Crippen molar-refractivity contribution in [2.45, 2.75) is 0 Å². The van der Waals surface area contributed by atoms with Gasteiger partial charge in [0, 0.05) is 11.6 Å². The topological polar surface area (TPSA) is 85.1 Å². The van der Waals surface area contributed by atoms with Crippen molar-refractivity contribution in [1.82, 2.24) is 4.98 Å². The van der Waals surface area contributed by atoms with E-state index in [4.69, 9.17) is 0 Å². The van der Waals surface area contributed by atoms with Gasteiger partial charge in [-0.25, -0.2) is 9.37 Å². The molecule has 0 spiro atoms. The third-order valence-electron chi connectivity index (χ3n) is 2.11. The number of rotatable bonds is 3. The van der Waals surface area contributed by atoms with Crippen LogP contribution in [0.25, 0.3) is 0 Å². The Morgan fingerprint density at radius 3 is 2.74 bits per heavy atom. The number of amides is 1. The van der Waals surface area contributed by atoms with E-state index < -0.39 is 33.7 Å². The zero-order chi connectivity index (χ0) is 14.0. The molecule has 0 saturated carbocycles. The predicted molar refractivity (Wildman–Crippen MR) is 63.1 cm³/mol. The number of hydrogen-bond donors (Lipinski definition) is 1. The summed E-state index contributed by atoms with van der Waals surface area (Å²) in [7, 11) is 0. The van der Waals surface area contributed by atoms with E-state index in [0.717, 1.165) is 11.3 Å². The molecule has 0 radical (unpaired) electrons. The summed E-state index contributed by atoms with van der Waals surface area (Å²) in [6, 6.07) is 1.00. The maximum Gasteiger partial charge on any atom is 0.308 e. The van der Waals surface area contributed by atoms with Gasteiger partial charge in [0.2, 0.25) is 5.82 Å². The molecule has 2 rings (SSSR count). The van der Waals surface area contributed by atoms with Crippen molar-refractivity contribution >= 4 is 28.1 Å². The molecule has 0 aliphatic heterocycles. The van der Waals surface area contributed by atoms with Gasteiger partial charge in [-0.15, -0.1) is 11.3 Å². The second-order valence-electron chi connectivity index (χ2n) is 3.33. The normalized spacial score (nSPS) is 10.2. The minimum Gasteiger partial charge on any atom is -0.298 e. The highest BCUT2D eigenvalue weighted by Crippen LogP contribution is 2.23. The first-order valence-electron chi connectivity index (χ1n) is 4.83. The minimum atomic E-state index is -1.39. The van der Waals surface area contributed by atoms with Crippen LogP contribution in [0.1, 0.15) is 10.4 Å². The highest BCUT2D eigenvalue weighted by molar-refractivity contribution is 7.13. The molecule has 6 nitrogen and oxygen atoms in total. The van der Waals surface area contributed by atoms with Crippen LogP contribution in [0.4, 0.5) is 19.6 Å². The molecule has 0 aliphatic rings. The van der Waals surface area contributed by atoms with Crippen molar-refractivity contribution in [1.29, 1.82) is 0 Å². The van der Waals surface area contributed by atoms with Crippen LogP contribution < -0.4 is 5.32 Å². The number of carbonyl (C=O) groups is 1. The van der Waals surface area contributed by atoms with Gasteiger partial charge in [0.05, 0.1) is 16.6 Å². The highest BCUT2D eigenvalue weighted by atomic mass is 32.1. The van der Waals surface area contributed by atoms with E-state index in [0.29, 0.717) is 12.1 Å². The molecule has 0 aliphatic carbocycles. The number of anilines is 1. The molecule has 0 bridgehead atoms. The third-order valence-corrected chi connectivity index (χ3v) is 2.80. The van der Waals surface area contributed by atoms with Gasteiger partial charge in [-0.2, -0.15) is 4.39 Å². The number of nitrogens with zero attached hydrogens (tertiary/aromatic N) is 2. The summed E-state index contributed by atoms with van der Waals surface area (Å²) in [6.07, 6.45) is 1.41. The number of benzene rings is 1. The van der Waals surface area contributed by atoms with Crippen LogP contribution in [0.15, 0.2) is 23.7 Å². The third kappa shape index (κ3) is 2.71. The lowest BCUT2D eigenvalue weighted by molar-refractivity contribution is -0.387. The monoisotopic (exact) mass is 285 g/mol. The van der Waals surface area contributed by atoms with E-state index >= 15 is 0 Å². The maximum absolute atomic E-state index is 13.7. The van der Waals surface area contributed by atoms with Gasteiger partial charge < -0.3 is 0 Å². The fourth-order valence-electron chi connectivity index (χ4n) is 1.32.